The number of hydrogen-bond donors (Lipinski definition) is 2. The Kier molecular flexibility index (Phi) is 4.60. The van der Waals surface area contributed by atoms with Crippen molar-refractivity contribution in [2.45, 2.75) is 12.5 Å². The van der Waals surface area contributed by atoms with Crippen molar-refractivity contribution in [2.75, 3.05) is 23.9 Å². The van der Waals surface area contributed by atoms with Crippen LogP contribution in [0, 0.1) is 0 Å². The van der Waals surface area contributed by atoms with Crippen LogP contribution >= 0.6 is 0 Å². The molecule has 1 fully saturated rings. The molecule has 2 heterocycles. The van der Waals surface area contributed by atoms with Gasteiger partial charge in [0.05, 0.1) is 25.0 Å². The average Bonchev–Trinajstić information content (AvgIpc) is 2.96. The second-order valence-electron chi connectivity index (χ2n) is 5.45. The van der Waals surface area contributed by atoms with Gasteiger partial charge in [-0.3, -0.25) is 9.78 Å². The van der Waals surface area contributed by atoms with Gasteiger partial charge in [-0.25, -0.2) is 4.79 Å². The van der Waals surface area contributed by atoms with Crippen molar-refractivity contribution in [1.29, 1.82) is 0 Å². The van der Waals surface area contributed by atoms with E-state index in [-0.39, 0.29) is 24.4 Å². The van der Waals surface area contributed by atoms with Crippen molar-refractivity contribution in [3.8, 4) is 5.75 Å². The van der Waals surface area contributed by atoms with Gasteiger partial charge in [0.15, 0.2) is 0 Å². The van der Waals surface area contributed by atoms with Crippen LogP contribution in [0.2, 0.25) is 0 Å². The summed E-state index contributed by atoms with van der Waals surface area (Å²) in [5.74, 6) is 0.654. The normalized spacial score (nSPS) is 16.8. The summed E-state index contributed by atoms with van der Waals surface area (Å²) in [6, 6.07) is 10.2. The maximum Gasteiger partial charge on any atom is 0.319 e. The van der Waals surface area contributed by atoms with E-state index in [4.69, 9.17) is 4.74 Å². The monoisotopic (exact) mass is 326 g/mol. The number of rotatable bonds is 4. The lowest BCUT2D eigenvalue weighted by atomic mass is 10.2. The van der Waals surface area contributed by atoms with Gasteiger partial charge in [-0.1, -0.05) is 6.07 Å². The number of benzene rings is 1. The van der Waals surface area contributed by atoms with E-state index in [1.807, 2.05) is 18.2 Å². The molecular formula is C17H18N4O3. The predicted octanol–water partition coefficient (Wildman–Crippen LogP) is 2.02. The molecule has 24 heavy (non-hydrogen) atoms. The molecule has 0 radical (unpaired) electrons. The fraction of sp³-hybridized carbons (Fsp3) is 0.235. The number of amides is 3. The lowest BCUT2D eigenvalue weighted by molar-refractivity contribution is -0.117. The average molecular weight is 326 g/mol. The highest BCUT2D eigenvalue weighted by Gasteiger charge is 2.31. The summed E-state index contributed by atoms with van der Waals surface area (Å²) in [5, 5.41) is 5.51. The molecule has 1 aliphatic heterocycles. The van der Waals surface area contributed by atoms with Crippen LogP contribution < -0.4 is 20.3 Å². The highest BCUT2D eigenvalue weighted by atomic mass is 16.5. The molecule has 2 aromatic rings. The van der Waals surface area contributed by atoms with Crippen LogP contribution in [0.3, 0.4) is 0 Å². The molecule has 7 heteroatoms. The van der Waals surface area contributed by atoms with Gasteiger partial charge >= 0.3 is 6.03 Å². The Bertz CT molecular complexity index is 736. The van der Waals surface area contributed by atoms with Gasteiger partial charge < -0.3 is 20.3 Å². The molecular weight excluding hydrogens is 308 g/mol. The third-order valence-electron chi connectivity index (χ3n) is 3.74. The molecule has 1 aliphatic rings. The fourth-order valence-corrected chi connectivity index (χ4v) is 2.62. The van der Waals surface area contributed by atoms with E-state index in [1.54, 1.807) is 42.6 Å². The van der Waals surface area contributed by atoms with Crippen molar-refractivity contribution in [1.82, 2.24) is 10.3 Å². The second kappa shape index (κ2) is 6.99. The number of ether oxygens (including phenoxy) is 1. The maximum atomic E-state index is 12.2. The molecule has 0 aliphatic carbocycles. The Hall–Kier alpha value is -3.09. The van der Waals surface area contributed by atoms with E-state index < -0.39 is 0 Å². The number of aromatic nitrogens is 1. The summed E-state index contributed by atoms with van der Waals surface area (Å²) in [4.78, 5) is 29.8. The standard InChI is InChI=1S/C17H18N4O3/c1-24-15-6-2-5-14(9-15)21-11-13(8-16(21)22)20-17(23)19-12-4-3-7-18-10-12/h2-7,9-10,13H,8,11H2,1H3,(H2,19,20,23)/t13-/m1/s1. The minimum Gasteiger partial charge on any atom is -0.497 e. The molecule has 7 nitrogen and oxygen atoms in total. The van der Waals surface area contributed by atoms with Crippen LogP contribution in [0.1, 0.15) is 6.42 Å². The summed E-state index contributed by atoms with van der Waals surface area (Å²) in [7, 11) is 1.58. The van der Waals surface area contributed by atoms with Gasteiger partial charge in [-0.05, 0) is 24.3 Å². The molecule has 1 aromatic carbocycles. The smallest absolute Gasteiger partial charge is 0.319 e. The maximum absolute atomic E-state index is 12.2. The number of nitrogens with zero attached hydrogens (tertiary/aromatic N) is 2. The van der Waals surface area contributed by atoms with Crippen molar-refractivity contribution in [3.63, 3.8) is 0 Å². The second-order valence-corrected chi connectivity index (χ2v) is 5.45. The Labute approximate surface area is 139 Å². The Balaban J connectivity index is 1.61. The molecule has 1 saturated heterocycles. The minimum absolute atomic E-state index is 0.0325. The number of methoxy groups -OCH3 is 1. The summed E-state index contributed by atoms with van der Waals surface area (Å²) in [6.45, 7) is 0.423. The van der Waals surface area contributed by atoms with Crippen molar-refractivity contribution >= 4 is 23.3 Å². The third kappa shape index (κ3) is 3.62. The topological polar surface area (TPSA) is 83.6 Å². The van der Waals surface area contributed by atoms with E-state index in [1.165, 1.54) is 0 Å². The number of urea groups is 1. The number of nitrogens with one attached hydrogen (secondary N) is 2. The van der Waals surface area contributed by atoms with Crippen LogP contribution in [-0.2, 0) is 4.79 Å². The number of anilines is 2. The van der Waals surface area contributed by atoms with Crippen LogP contribution in [-0.4, -0.2) is 36.6 Å². The minimum atomic E-state index is -0.353. The predicted molar refractivity (Wildman–Crippen MR) is 90.1 cm³/mol. The van der Waals surface area contributed by atoms with Crippen molar-refractivity contribution in [2.24, 2.45) is 0 Å². The Morgan fingerprint density at radius 3 is 2.96 bits per heavy atom. The number of hydrogen-bond acceptors (Lipinski definition) is 4. The first-order valence-electron chi connectivity index (χ1n) is 7.57. The quantitative estimate of drug-likeness (QED) is 0.900. The first-order valence-corrected chi connectivity index (χ1v) is 7.57. The molecule has 0 unspecified atom stereocenters. The summed E-state index contributed by atoms with van der Waals surface area (Å²) >= 11 is 0. The lowest BCUT2D eigenvalue weighted by Gasteiger charge is -2.18. The van der Waals surface area contributed by atoms with Crippen LogP contribution in [0.15, 0.2) is 48.8 Å². The van der Waals surface area contributed by atoms with E-state index >= 15 is 0 Å². The first kappa shape index (κ1) is 15.8. The molecule has 3 rings (SSSR count). The lowest BCUT2D eigenvalue weighted by Crippen LogP contribution is -2.39. The molecule has 0 saturated carbocycles. The SMILES string of the molecule is COc1cccc(N2C[C@H](NC(=O)Nc3cccnc3)CC2=O)c1. The van der Waals surface area contributed by atoms with E-state index in [2.05, 4.69) is 15.6 Å². The zero-order chi connectivity index (χ0) is 16.9. The van der Waals surface area contributed by atoms with Crippen LogP contribution in [0.5, 0.6) is 5.75 Å². The van der Waals surface area contributed by atoms with E-state index in [0.29, 0.717) is 18.0 Å². The van der Waals surface area contributed by atoms with E-state index in [9.17, 15) is 9.59 Å². The van der Waals surface area contributed by atoms with Gasteiger partial charge in [0.25, 0.3) is 0 Å². The summed E-state index contributed by atoms with van der Waals surface area (Å²) in [5.41, 5.74) is 1.36. The van der Waals surface area contributed by atoms with Crippen molar-refractivity contribution in [3.05, 3.63) is 48.8 Å². The van der Waals surface area contributed by atoms with Crippen LogP contribution in [0.4, 0.5) is 16.2 Å². The molecule has 1 aromatic heterocycles. The molecule has 0 spiro atoms. The number of pyridine rings is 1. The van der Waals surface area contributed by atoms with Crippen molar-refractivity contribution < 1.29 is 14.3 Å². The number of carbonyl (C=O) groups is 2. The summed E-state index contributed by atoms with van der Waals surface area (Å²) < 4.78 is 5.18. The molecule has 1 atom stereocenters. The van der Waals surface area contributed by atoms with Gasteiger partial charge in [0, 0.05) is 30.9 Å². The highest BCUT2D eigenvalue weighted by molar-refractivity contribution is 5.97. The van der Waals surface area contributed by atoms with Gasteiger partial charge in [-0.15, -0.1) is 0 Å². The molecule has 3 amide bonds. The van der Waals surface area contributed by atoms with Gasteiger partial charge in [-0.2, -0.15) is 0 Å². The Morgan fingerprint density at radius 1 is 1.33 bits per heavy atom. The molecule has 2 N–H and O–H groups in total. The van der Waals surface area contributed by atoms with Gasteiger partial charge in [0.2, 0.25) is 5.91 Å². The molecule has 0 bridgehead atoms. The summed E-state index contributed by atoms with van der Waals surface area (Å²) in [6.07, 6.45) is 3.45. The zero-order valence-corrected chi connectivity index (χ0v) is 13.2. The van der Waals surface area contributed by atoms with Crippen LogP contribution in [0.25, 0.3) is 0 Å². The zero-order valence-electron chi connectivity index (χ0n) is 13.2. The number of carbonyl (C=O) groups excluding carboxylic acids is 2. The third-order valence-corrected chi connectivity index (χ3v) is 3.74. The van der Waals surface area contributed by atoms with Gasteiger partial charge in [0.1, 0.15) is 5.75 Å². The Morgan fingerprint density at radius 2 is 2.21 bits per heavy atom. The fourth-order valence-electron chi connectivity index (χ4n) is 2.62. The highest BCUT2D eigenvalue weighted by Crippen LogP contribution is 2.25. The largest absolute Gasteiger partial charge is 0.497 e. The van der Waals surface area contributed by atoms with E-state index in [0.717, 1.165) is 5.69 Å². The first-order chi connectivity index (χ1) is 11.7. The molecule has 124 valence electrons.